The maximum absolute atomic E-state index is 9.96. The van der Waals surface area contributed by atoms with Crippen LogP contribution in [-0.4, -0.2) is 11.5 Å². The molecule has 0 aromatic rings. The minimum absolute atomic E-state index is 0. The van der Waals surface area contributed by atoms with Gasteiger partial charge in [-0.15, -0.1) is 9.42 Å². The Morgan fingerprint density at radius 2 is 2.00 bits per heavy atom. The zero-order valence-corrected chi connectivity index (χ0v) is 8.82. The molecule has 1 atom stereocenters. The van der Waals surface area contributed by atoms with E-state index >= 15 is 0 Å². The van der Waals surface area contributed by atoms with Gasteiger partial charge in [-0.25, -0.2) is 0 Å². The molecule has 0 aliphatic carbocycles. The molecule has 11 heavy (non-hydrogen) atoms. The largest absolute Gasteiger partial charge is 0.694 e. The van der Waals surface area contributed by atoms with Gasteiger partial charge < -0.3 is 0 Å². The Morgan fingerprint density at radius 1 is 1.36 bits per heavy atom. The maximum Gasteiger partial charge on any atom is 0.694 e. The van der Waals surface area contributed by atoms with Crippen molar-refractivity contribution in [2.75, 3.05) is 6.61 Å². The second-order valence-electron chi connectivity index (χ2n) is 2.13. The molecule has 0 amide bonds. The third-order valence-electron chi connectivity index (χ3n) is 1.20. The summed E-state index contributed by atoms with van der Waals surface area (Å²) in [7, 11) is -2.37. The quantitative estimate of drug-likeness (QED) is 0.548. The zero-order chi connectivity index (χ0) is 7.82. The fourth-order valence-electron chi connectivity index (χ4n) is 0.671. The summed E-state index contributed by atoms with van der Waals surface area (Å²) in [4.78, 5) is 8.20. The van der Waals surface area contributed by atoms with E-state index in [1.54, 1.807) is 0 Å². The van der Waals surface area contributed by atoms with Crippen molar-refractivity contribution in [1.29, 1.82) is 0 Å². The first kappa shape index (κ1) is 14.1. The molecule has 0 fully saturated rings. The predicted octanol–water partition coefficient (Wildman–Crippen LogP) is 2.23. The molecule has 1 N–H and O–H groups in total. The first-order valence-electron chi connectivity index (χ1n) is 3.56. The second-order valence-corrected chi connectivity index (χ2v) is 2.87. The van der Waals surface area contributed by atoms with Gasteiger partial charge in [-0.05, 0) is 6.42 Å². The number of hydrogen-bond donors (Lipinski definition) is 1. The molecule has 66 valence electrons. The summed E-state index contributed by atoms with van der Waals surface area (Å²) in [6, 6.07) is 0. The molecule has 3 nitrogen and oxygen atoms in total. The Kier molecular flexibility index (Phi) is 13.5. The van der Waals surface area contributed by atoms with Crippen LogP contribution in [0, 0.1) is 0 Å². The second kappa shape index (κ2) is 10.6. The van der Waals surface area contributed by atoms with Crippen LogP contribution >= 0.6 is 8.25 Å². The molecule has 0 aliphatic heterocycles. The topological polar surface area (TPSA) is 46.5 Å². The Balaban J connectivity index is 0. The average Bonchev–Trinajstić information content (AvgIpc) is 1.87. The van der Waals surface area contributed by atoms with Crippen molar-refractivity contribution in [3.05, 3.63) is 0 Å². The number of hydrogen-bond acceptors (Lipinski definition) is 2. The molecular weight excluding hydrogens is 203 g/mol. The van der Waals surface area contributed by atoms with Gasteiger partial charge in [-0.2, -0.15) is 0 Å². The standard InChI is InChI=1S/C6H13O3P.Cr/c1-2-3-4-5-6-9-10(7)8;/h2-6H2,1H3;/p+1. The van der Waals surface area contributed by atoms with Gasteiger partial charge in [0, 0.05) is 21.9 Å². The van der Waals surface area contributed by atoms with Gasteiger partial charge >= 0.3 is 8.25 Å². The van der Waals surface area contributed by atoms with E-state index in [-0.39, 0.29) is 17.4 Å². The van der Waals surface area contributed by atoms with Gasteiger partial charge in [0.05, 0.1) is 0 Å². The van der Waals surface area contributed by atoms with Crippen LogP contribution in [0.3, 0.4) is 0 Å². The Bertz CT molecular complexity index is 99.8. The van der Waals surface area contributed by atoms with E-state index < -0.39 is 8.25 Å². The van der Waals surface area contributed by atoms with Crippen molar-refractivity contribution < 1.29 is 31.3 Å². The van der Waals surface area contributed by atoms with Gasteiger partial charge in [0.15, 0.2) is 0 Å². The molecule has 5 heteroatoms. The van der Waals surface area contributed by atoms with Crippen LogP contribution < -0.4 is 0 Å². The molecule has 0 radical (unpaired) electrons. The minimum Gasteiger partial charge on any atom is -0.133 e. The molecule has 0 rings (SSSR count). The van der Waals surface area contributed by atoms with E-state index in [4.69, 9.17) is 4.89 Å². The summed E-state index contributed by atoms with van der Waals surface area (Å²) in [5.74, 6) is 0. The maximum atomic E-state index is 9.96. The van der Waals surface area contributed by atoms with Crippen molar-refractivity contribution in [2.45, 2.75) is 32.6 Å². The van der Waals surface area contributed by atoms with E-state index in [1.165, 1.54) is 12.8 Å². The summed E-state index contributed by atoms with van der Waals surface area (Å²) in [5.41, 5.74) is 0. The number of rotatable bonds is 6. The van der Waals surface area contributed by atoms with Crippen LogP contribution in [0.25, 0.3) is 0 Å². The van der Waals surface area contributed by atoms with E-state index in [2.05, 4.69) is 11.4 Å². The fraction of sp³-hybridized carbons (Fsp3) is 1.00. The fourth-order valence-corrected chi connectivity index (χ4v) is 0.957. The van der Waals surface area contributed by atoms with Gasteiger partial charge in [0.1, 0.15) is 6.61 Å². The first-order valence-corrected chi connectivity index (χ1v) is 4.69. The van der Waals surface area contributed by atoms with Gasteiger partial charge in [0.2, 0.25) is 0 Å². The normalized spacial score (nSPS) is 10.5. The summed E-state index contributed by atoms with van der Waals surface area (Å²) < 4.78 is 14.4. The average molecular weight is 217 g/mol. The summed E-state index contributed by atoms with van der Waals surface area (Å²) in [6.07, 6.45) is 4.31. The smallest absolute Gasteiger partial charge is 0.133 e. The number of unbranched alkanes of at least 4 members (excludes halogenated alkanes) is 3. The third kappa shape index (κ3) is 13.5. The van der Waals surface area contributed by atoms with E-state index in [9.17, 15) is 4.57 Å². The van der Waals surface area contributed by atoms with Crippen molar-refractivity contribution in [1.82, 2.24) is 0 Å². The van der Waals surface area contributed by atoms with E-state index in [0.29, 0.717) is 6.61 Å². The molecule has 0 saturated heterocycles. The minimum atomic E-state index is -2.37. The molecule has 0 spiro atoms. The molecule has 0 aliphatic rings. The van der Waals surface area contributed by atoms with Gasteiger partial charge in [0.25, 0.3) is 0 Å². The van der Waals surface area contributed by atoms with Crippen molar-refractivity contribution in [3.8, 4) is 0 Å². The molecule has 0 aromatic carbocycles. The molecule has 0 saturated carbocycles. The summed E-state index contributed by atoms with van der Waals surface area (Å²) >= 11 is 0. The van der Waals surface area contributed by atoms with Crippen LogP contribution in [0.1, 0.15) is 32.6 Å². The SMILES string of the molecule is CCCCCCO[P+](=O)O.[Cr]. The van der Waals surface area contributed by atoms with Crippen LogP contribution in [0.5, 0.6) is 0 Å². The molecule has 0 heterocycles. The van der Waals surface area contributed by atoms with Crippen LogP contribution in [-0.2, 0) is 26.4 Å². The molecule has 0 aromatic heterocycles. The predicted molar refractivity (Wildman–Crippen MR) is 39.9 cm³/mol. The third-order valence-corrected chi connectivity index (χ3v) is 1.60. The Morgan fingerprint density at radius 3 is 2.45 bits per heavy atom. The van der Waals surface area contributed by atoms with E-state index in [1.807, 2.05) is 0 Å². The summed E-state index contributed by atoms with van der Waals surface area (Å²) in [6.45, 7) is 2.53. The zero-order valence-electron chi connectivity index (χ0n) is 6.65. The van der Waals surface area contributed by atoms with Gasteiger partial charge in [-0.3, -0.25) is 0 Å². The Hall–Kier alpha value is 0.552. The van der Waals surface area contributed by atoms with Crippen LogP contribution in [0.4, 0.5) is 0 Å². The van der Waals surface area contributed by atoms with E-state index in [0.717, 1.165) is 12.8 Å². The van der Waals surface area contributed by atoms with Gasteiger partial charge in [-0.1, -0.05) is 26.2 Å². The van der Waals surface area contributed by atoms with Crippen molar-refractivity contribution >= 4 is 8.25 Å². The Labute approximate surface area is 79.2 Å². The molecule has 1 unspecified atom stereocenters. The van der Waals surface area contributed by atoms with Crippen LogP contribution in [0.2, 0.25) is 0 Å². The van der Waals surface area contributed by atoms with Crippen LogP contribution in [0.15, 0.2) is 0 Å². The van der Waals surface area contributed by atoms with Crippen molar-refractivity contribution in [3.63, 3.8) is 0 Å². The monoisotopic (exact) mass is 217 g/mol. The van der Waals surface area contributed by atoms with Crippen molar-refractivity contribution in [2.24, 2.45) is 0 Å². The molecular formula is C6H14CrO3P+. The molecule has 0 bridgehead atoms. The first-order chi connectivity index (χ1) is 4.77. The summed E-state index contributed by atoms with van der Waals surface area (Å²) in [5, 5.41) is 0.